The van der Waals surface area contributed by atoms with E-state index in [2.05, 4.69) is 20.0 Å². The van der Waals surface area contributed by atoms with E-state index in [0.717, 1.165) is 0 Å². The van der Waals surface area contributed by atoms with E-state index in [-0.39, 0.29) is 22.7 Å². The van der Waals surface area contributed by atoms with Gasteiger partial charge in [-0.2, -0.15) is 18.2 Å². The minimum absolute atomic E-state index is 0.0338. The molecule has 1 unspecified atom stereocenters. The van der Waals surface area contributed by atoms with E-state index < -0.39 is 24.7 Å². The van der Waals surface area contributed by atoms with E-state index in [4.69, 9.17) is 21.8 Å². The normalized spacial score (nSPS) is 12.7. The maximum absolute atomic E-state index is 12.2. The zero-order chi connectivity index (χ0) is 18.8. The summed E-state index contributed by atoms with van der Waals surface area (Å²) in [7, 11) is 0. The van der Waals surface area contributed by atoms with Gasteiger partial charge in [0.25, 0.3) is 11.9 Å². The molecule has 2 heterocycles. The number of aromatic nitrogens is 2. The Bertz CT molecular complexity index is 779. The highest BCUT2D eigenvalue weighted by Gasteiger charge is 2.29. The van der Waals surface area contributed by atoms with E-state index in [9.17, 15) is 18.0 Å². The molecule has 11 heteroatoms. The topological polar surface area (TPSA) is 103 Å². The Balaban J connectivity index is 2.07. The standard InChI is InChI=1S/C14H14ClF3N4O3/c1-6(21-11(23)10-7(2)22-13(19)25-10)8-3-9(15)12(20-4-8)24-5-14(16,17)18/h3-4,6H,5H2,1-2H3,(H2,19,22)(H,21,23). The van der Waals surface area contributed by atoms with Crippen molar-refractivity contribution in [1.82, 2.24) is 15.3 Å². The van der Waals surface area contributed by atoms with E-state index >= 15 is 0 Å². The van der Waals surface area contributed by atoms with E-state index in [1.54, 1.807) is 13.8 Å². The van der Waals surface area contributed by atoms with Crippen molar-refractivity contribution in [2.75, 3.05) is 12.3 Å². The van der Waals surface area contributed by atoms with Crippen molar-refractivity contribution in [1.29, 1.82) is 0 Å². The minimum atomic E-state index is -4.50. The van der Waals surface area contributed by atoms with Crippen LogP contribution < -0.4 is 15.8 Å². The van der Waals surface area contributed by atoms with Crippen LogP contribution in [0.2, 0.25) is 5.02 Å². The smallest absolute Gasteiger partial charge is 0.422 e. The number of ether oxygens (including phenoxy) is 1. The molecular formula is C14H14ClF3N4O3. The molecule has 2 rings (SSSR count). The molecule has 0 saturated carbocycles. The maximum Gasteiger partial charge on any atom is 0.422 e. The molecule has 0 spiro atoms. The van der Waals surface area contributed by atoms with Gasteiger partial charge in [0, 0.05) is 6.20 Å². The van der Waals surface area contributed by atoms with Gasteiger partial charge in [-0.05, 0) is 25.5 Å². The zero-order valence-electron chi connectivity index (χ0n) is 13.1. The molecule has 3 N–H and O–H groups in total. The number of oxazole rings is 1. The van der Waals surface area contributed by atoms with Gasteiger partial charge in [-0.3, -0.25) is 4.79 Å². The number of nitrogen functional groups attached to an aromatic ring is 1. The van der Waals surface area contributed by atoms with E-state index in [1.807, 2.05) is 0 Å². The number of nitrogens with zero attached hydrogens (tertiary/aromatic N) is 2. The van der Waals surface area contributed by atoms with Gasteiger partial charge in [-0.15, -0.1) is 0 Å². The number of aryl methyl sites for hydroxylation is 1. The van der Waals surface area contributed by atoms with Crippen LogP contribution in [0.5, 0.6) is 5.88 Å². The first kappa shape index (κ1) is 18.8. The number of alkyl halides is 3. The van der Waals surface area contributed by atoms with Crippen LogP contribution in [0.4, 0.5) is 19.2 Å². The third-order valence-corrected chi connectivity index (χ3v) is 3.34. The van der Waals surface area contributed by atoms with Crippen LogP contribution in [0.25, 0.3) is 0 Å². The Labute approximate surface area is 145 Å². The molecule has 1 amide bonds. The lowest BCUT2D eigenvalue weighted by atomic mass is 10.1. The Kier molecular flexibility index (Phi) is 5.41. The Morgan fingerprint density at radius 3 is 2.72 bits per heavy atom. The molecule has 0 radical (unpaired) electrons. The molecule has 136 valence electrons. The molecule has 1 atom stereocenters. The van der Waals surface area contributed by atoms with Crippen LogP contribution in [0.1, 0.15) is 34.8 Å². The average Bonchev–Trinajstić information content (AvgIpc) is 2.83. The molecule has 2 aromatic heterocycles. The van der Waals surface area contributed by atoms with Gasteiger partial charge in [0.2, 0.25) is 11.6 Å². The van der Waals surface area contributed by atoms with Crippen LogP contribution in [0.15, 0.2) is 16.7 Å². The van der Waals surface area contributed by atoms with Gasteiger partial charge < -0.3 is 20.2 Å². The molecule has 0 aliphatic carbocycles. The highest BCUT2D eigenvalue weighted by molar-refractivity contribution is 6.31. The van der Waals surface area contributed by atoms with Gasteiger partial charge >= 0.3 is 6.18 Å². The summed E-state index contributed by atoms with van der Waals surface area (Å²) >= 11 is 5.87. The second kappa shape index (κ2) is 7.18. The van der Waals surface area contributed by atoms with Crippen molar-refractivity contribution in [3.8, 4) is 5.88 Å². The summed E-state index contributed by atoms with van der Waals surface area (Å²) in [6.45, 7) is 1.69. The number of halogens is 4. The van der Waals surface area contributed by atoms with Crippen LogP contribution in [0, 0.1) is 6.92 Å². The lowest BCUT2D eigenvalue weighted by molar-refractivity contribution is -0.154. The predicted molar refractivity (Wildman–Crippen MR) is 82.3 cm³/mol. The molecule has 0 fully saturated rings. The first-order valence-corrected chi connectivity index (χ1v) is 7.33. The van der Waals surface area contributed by atoms with Crippen molar-refractivity contribution in [3.63, 3.8) is 0 Å². The monoisotopic (exact) mass is 378 g/mol. The highest BCUT2D eigenvalue weighted by atomic mass is 35.5. The van der Waals surface area contributed by atoms with Crippen LogP contribution >= 0.6 is 11.6 Å². The molecule has 7 nitrogen and oxygen atoms in total. The summed E-state index contributed by atoms with van der Waals surface area (Å²) in [5, 5.41) is 2.51. The fourth-order valence-electron chi connectivity index (χ4n) is 1.91. The van der Waals surface area contributed by atoms with E-state index in [1.165, 1.54) is 12.3 Å². The summed E-state index contributed by atoms with van der Waals surface area (Å²) < 4.78 is 46.0. The average molecular weight is 379 g/mol. The number of carbonyl (C=O) groups is 1. The molecule has 0 aliphatic heterocycles. The molecule has 0 bridgehead atoms. The third-order valence-electron chi connectivity index (χ3n) is 3.07. The number of hydrogen-bond acceptors (Lipinski definition) is 6. The van der Waals surface area contributed by atoms with Crippen molar-refractivity contribution in [2.45, 2.75) is 26.1 Å². The van der Waals surface area contributed by atoms with Gasteiger partial charge in [0.15, 0.2) is 6.61 Å². The quantitative estimate of drug-likeness (QED) is 0.828. The number of nitrogens with two attached hydrogens (primary N) is 1. The van der Waals surface area contributed by atoms with Crippen molar-refractivity contribution in [2.24, 2.45) is 0 Å². The van der Waals surface area contributed by atoms with Crippen molar-refractivity contribution in [3.05, 3.63) is 34.3 Å². The Morgan fingerprint density at radius 2 is 2.20 bits per heavy atom. The van der Waals surface area contributed by atoms with Crippen LogP contribution in [-0.2, 0) is 0 Å². The van der Waals surface area contributed by atoms with E-state index in [0.29, 0.717) is 11.3 Å². The number of carbonyl (C=O) groups excluding carboxylic acids is 1. The lowest BCUT2D eigenvalue weighted by Gasteiger charge is -2.15. The minimum Gasteiger partial charge on any atom is -0.467 e. The number of hydrogen-bond donors (Lipinski definition) is 2. The first-order valence-electron chi connectivity index (χ1n) is 6.95. The zero-order valence-corrected chi connectivity index (χ0v) is 13.9. The summed E-state index contributed by atoms with van der Waals surface area (Å²) in [4.78, 5) is 19.7. The largest absolute Gasteiger partial charge is 0.467 e. The fourth-order valence-corrected chi connectivity index (χ4v) is 2.14. The highest BCUT2D eigenvalue weighted by Crippen LogP contribution is 2.27. The van der Waals surface area contributed by atoms with Gasteiger partial charge in [0.1, 0.15) is 5.02 Å². The molecule has 0 aliphatic rings. The summed E-state index contributed by atoms with van der Waals surface area (Å²) in [6, 6.07) is 0.665. The lowest BCUT2D eigenvalue weighted by Crippen LogP contribution is -2.27. The first-order chi connectivity index (χ1) is 11.6. The molecule has 0 saturated heterocycles. The third kappa shape index (κ3) is 4.99. The SMILES string of the molecule is Cc1nc(N)oc1C(=O)NC(C)c1cnc(OCC(F)(F)F)c(Cl)c1. The number of rotatable bonds is 5. The summed E-state index contributed by atoms with van der Waals surface area (Å²) in [6.07, 6.45) is -3.24. The van der Waals surface area contributed by atoms with Gasteiger partial charge in [-0.1, -0.05) is 11.6 Å². The summed E-state index contributed by atoms with van der Waals surface area (Å²) in [5.74, 6) is -0.934. The van der Waals surface area contributed by atoms with Gasteiger partial charge in [0.05, 0.1) is 11.7 Å². The van der Waals surface area contributed by atoms with Gasteiger partial charge in [-0.25, -0.2) is 4.98 Å². The summed E-state index contributed by atoms with van der Waals surface area (Å²) in [5.41, 5.74) is 6.16. The number of pyridine rings is 1. The molecule has 2 aromatic rings. The second-order valence-corrected chi connectivity index (χ2v) is 5.53. The predicted octanol–water partition coefficient (Wildman–Crippen LogP) is 3.05. The number of anilines is 1. The molecule has 0 aromatic carbocycles. The van der Waals surface area contributed by atoms with Crippen molar-refractivity contribution >= 4 is 23.5 Å². The Hall–Kier alpha value is -2.49. The van der Waals surface area contributed by atoms with Crippen molar-refractivity contribution < 1.29 is 27.1 Å². The fraction of sp³-hybridized carbons (Fsp3) is 0.357. The molecule has 25 heavy (non-hydrogen) atoms. The maximum atomic E-state index is 12.2. The number of nitrogens with one attached hydrogen (secondary N) is 1. The van der Waals surface area contributed by atoms with Crippen LogP contribution in [0.3, 0.4) is 0 Å². The molecular weight excluding hydrogens is 365 g/mol. The second-order valence-electron chi connectivity index (χ2n) is 5.12. The van der Waals surface area contributed by atoms with Crippen LogP contribution in [-0.4, -0.2) is 28.7 Å². The number of amides is 1. The Morgan fingerprint density at radius 1 is 1.52 bits per heavy atom.